The Bertz CT molecular complexity index is 2120. The van der Waals surface area contributed by atoms with Gasteiger partial charge in [-0.1, -0.05) is 49.4 Å². The third-order valence-corrected chi connectivity index (χ3v) is 10.9. The minimum absolute atomic E-state index is 0.0476. The molecule has 50 heavy (non-hydrogen) atoms. The third kappa shape index (κ3) is 8.01. The first-order valence-electron chi connectivity index (χ1n) is 16.0. The molecular weight excluding hydrogens is 677 g/mol. The summed E-state index contributed by atoms with van der Waals surface area (Å²) < 4.78 is 37.9. The summed E-state index contributed by atoms with van der Waals surface area (Å²) in [6.07, 6.45) is 2.51. The van der Waals surface area contributed by atoms with Crippen LogP contribution in [0.15, 0.2) is 113 Å². The fourth-order valence-electron chi connectivity index (χ4n) is 5.32. The van der Waals surface area contributed by atoms with Crippen molar-refractivity contribution in [3.63, 3.8) is 0 Å². The van der Waals surface area contributed by atoms with Gasteiger partial charge in [0, 0.05) is 35.2 Å². The maximum atomic E-state index is 13.2. The Morgan fingerprint density at radius 1 is 0.920 bits per heavy atom. The lowest BCUT2D eigenvalue weighted by molar-refractivity contribution is 0.0949. The molecule has 13 heteroatoms. The van der Waals surface area contributed by atoms with Crippen LogP contribution in [-0.4, -0.2) is 44.0 Å². The number of ether oxygens (including phenoxy) is 2. The number of sulfone groups is 1. The lowest BCUT2D eigenvalue weighted by Gasteiger charge is -2.18. The standard InChI is InChI=1S/C37H34N4O7S2/c1-2-27(18-19-38-37(44)47-23-24-8-4-3-5-9-24)48-28-15-12-25(13-16-28)36-40-22-29(49-36)21-39-34(42)26-14-17-33-31(20-26)41-35(43)30-10-6-7-11-32(30)50(33,45)46/h3-17,20,22,27H,2,18-19,21,23H2,1H3,(H,38,44)(H,39,42)(H,41,43)/t27-/m1/s1. The Kier molecular flexibility index (Phi) is 10.5. The van der Waals surface area contributed by atoms with Gasteiger partial charge in [0.25, 0.3) is 11.8 Å². The Morgan fingerprint density at radius 3 is 2.46 bits per heavy atom. The van der Waals surface area contributed by atoms with Crippen LogP contribution in [0.4, 0.5) is 10.5 Å². The zero-order chi connectivity index (χ0) is 35.1. The molecule has 4 aromatic carbocycles. The normalized spacial score (nSPS) is 13.5. The second-order valence-electron chi connectivity index (χ2n) is 11.4. The summed E-state index contributed by atoms with van der Waals surface area (Å²) in [5.74, 6) is -0.291. The summed E-state index contributed by atoms with van der Waals surface area (Å²) >= 11 is 1.43. The van der Waals surface area contributed by atoms with Crippen LogP contribution in [-0.2, 0) is 27.7 Å². The van der Waals surface area contributed by atoms with E-state index in [1.165, 1.54) is 41.7 Å². The number of hydrogen-bond donors (Lipinski definition) is 3. The number of fused-ring (bicyclic) bond motifs is 2. The number of thiazole rings is 1. The van der Waals surface area contributed by atoms with Gasteiger partial charge in [0.2, 0.25) is 9.84 Å². The van der Waals surface area contributed by atoms with Gasteiger partial charge in [-0.05, 0) is 66.6 Å². The van der Waals surface area contributed by atoms with Crippen molar-refractivity contribution in [1.29, 1.82) is 0 Å². The molecule has 256 valence electrons. The van der Waals surface area contributed by atoms with Crippen LogP contribution in [0.1, 0.15) is 50.9 Å². The van der Waals surface area contributed by atoms with Crippen LogP contribution in [0.2, 0.25) is 0 Å². The molecule has 0 spiro atoms. The molecule has 0 bridgehead atoms. The first-order chi connectivity index (χ1) is 24.2. The van der Waals surface area contributed by atoms with E-state index < -0.39 is 27.7 Å². The van der Waals surface area contributed by atoms with E-state index in [1.807, 2.05) is 61.5 Å². The predicted octanol–water partition coefficient (Wildman–Crippen LogP) is 6.61. The van der Waals surface area contributed by atoms with E-state index in [9.17, 15) is 22.8 Å². The monoisotopic (exact) mass is 710 g/mol. The lowest BCUT2D eigenvalue weighted by Crippen LogP contribution is -2.29. The molecule has 5 aromatic rings. The molecule has 0 saturated carbocycles. The number of anilines is 1. The largest absolute Gasteiger partial charge is 0.490 e. The summed E-state index contributed by atoms with van der Waals surface area (Å²) in [6.45, 7) is 2.86. The number of carbonyl (C=O) groups is 3. The highest BCUT2D eigenvalue weighted by molar-refractivity contribution is 7.91. The van der Waals surface area contributed by atoms with E-state index in [2.05, 4.69) is 20.9 Å². The highest BCUT2D eigenvalue weighted by Crippen LogP contribution is 2.34. The van der Waals surface area contributed by atoms with Crippen molar-refractivity contribution in [2.45, 2.75) is 48.8 Å². The first-order valence-corrected chi connectivity index (χ1v) is 18.3. The van der Waals surface area contributed by atoms with Gasteiger partial charge in [-0.25, -0.2) is 18.2 Å². The Hall–Kier alpha value is -5.53. The quantitative estimate of drug-likeness (QED) is 0.131. The van der Waals surface area contributed by atoms with Crippen molar-refractivity contribution in [1.82, 2.24) is 15.6 Å². The van der Waals surface area contributed by atoms with Crippen LogP contribution in [0.25, 0.3) is 10.6 Å². The number of hydrogen-bond acceptors (Lipinski definition) is 9. The molecule has 1 aromatic heterocycles. The zero-order valence-electron chi connectivity index (χ0n) is 27.0. The van der Waals surface area contributed by atoms with Crippen molar-refractivity contribution in [2.75, 3.05) is 11.9 Å². The third-order valence-electron chi connectivity index (χ3n) is 7.99. The molecule has 0 fully saturated rings. The maximum Gasteiger partial charge on any atom is 0.407 e. The summed E-state index contributed by atoms with van der Waals surface area (Å²) in [4.78, 5) is 43.0. The molecule has 0 aliphatic carbocycles. The number of carbonyl (C=O) groups excluding carboxylic acids is 3. The van der Waals surface area contributed by atoms with Gasteiger partial charge in [0.1, 0.15) is 23.5 Å². The molecule has 1 aliphatic rings. The highest BCUT2D eigenvalue weighted by Gasteiger charge is 2.31. The summed E-state index contributed by atoms with van der Waals surface area (Å²) in [5, 5.41) is 9.01. The van der Waals surface area contributed by atoms with Crippen molar-refractivity contribution >= 4 is 44.8 Å². The molecule has 3 N–H and O–H groups in total. The number of amides is 3. The molecular formula is C37H34N4O7S2. The predicted molar refractivity (Wildman–Crippen MR) is 189 cm³/mol. The second kappa shape index (κ2) is 15.3. The van der Waals surface area contributed by atoms with Gasteiger partial charge in [-0.15, -0.1) is 11.3 Å². The van der Waals surface area contributed by atoms with Gasteiger partial charge >= 0.3 is 6.09 Å². The fourth-order valence-corrected chi connectivity index (χ4v) is 7.77. The van der Waals surface area contributed by atoms with E-state index in [4.69, 9.17) is 9.47 Å². The molecule has 1 aliphatic heterocycles. The topological polar surface area (TPSA) is 153 Å². The van der Waals surface area contributed by atoms with Gasteiger partial charge < -0.3 is 25.4 Å². The molecule has 2 heterocycles. The van der Waals surface area contributed by atoms with Crippen molar-refractivity contribution < 1.29 is 32.3 Å². The van der Waals surface area contributed by atoms with Crippen LogP contribution >= 0.6 is 11.3 Å². The SMILES string of the molecule is CC[C@H](CCNC(=O)OCc1ccccc1)Oc1ccc(-c2ncc(CNC(=O)c3ccc4c(c3)NC(=O)c3ccccc3S4(=O)=O)s2)cc1. The average molecular weight is 711 g/mol. The maximum absolute atomic E-state index is 13.2. The van der Waals surface area contributed by atoms with E-state index in [-0.39, 0.29) is 45.9 Å². The van der Waals surface area contributed by atoms with E-state index in [0.717, 1.165) is 27.4 Å². The number of benzene rings is 4. The molecule has 0 unspecified atom stereocenters. The number of nitrogens with zero attached hydrogens (tertiary/aromatic N) is 1. The minimum atomic E-state index is -3.97. The summed E-state index contributed by atoms with van der Waals surface area (Å²) in [5.41, 5.74) is 2.11. The van der Waals surface area contributed by atoms with Crippen molar-refractivity contribution in [3.8, 4) is 16.3 Å². The Labute approximate surface area is 293 Å². The molecule has 3 amide bonds. The smallest absolute Gasteiger partial charge is 0.407 e. The number of nitrogens with one attached hydrogen (secondary N) is 3. The van der Waals surface area contributed by atoms with Crippen molar-refractivity contribution in [2.24, 2.45) is 0 Å². The van der Waals surface area contributed by atoms with Crippen LogP contribution in [0.3, 0.4) is 0 Å². The zero-order valence-corrected chi connectivity index (χ0v) is 28.7. The average Bonchev–Trinajstić information content (AvgIpc) is 3.59. The van der Waals surface area contributed by atoms with E-state index in [0.29, 0.717) is 18.7 Å². The van der Waals surface area contributed by atoms with Gasteiger partial charge in [0.15, 0.2) is 0 Å². The van der Waals surface area contributed by atoms with Gasteiger partial charge in [-0.2, -0.15) is 0 Å². The Balaban J connectivity index is 0.995. The second-order valence-corrected chi connectivity index (χ2v) is 14.4. The summed E-state index contributed by atoms with van der Waals surface area (Å²) in [7, 11) is -3.97. The Morgan fingerprint density at radius 2 is 1.68 bits per heavy atom. The van der Waals surface area contributed by atoms with Crippen LogP contribution in [0, 0.1) is 0 Å². The molecule has 0 radical (unpaired) electrons. The minimum Gasteiger partial charge on any atom is -0.490 e. The number of aromatic nitrogens is 1. The van der Waals surface area contributed by atoms with E-state index in [1.54, 1.807) is 18.3 Å². The summed E-state index contributed by atoms with van der Waals surface area (Å²) in [6, 6.07) is 27.2. The van der Waals surface area contributed by atoms with Gasteiger partial charge in [-0.3, -0.25) is 9.59 Å². The lowest BCUT2D eigenvalue weighted by atomic mass is 10.1. The highest BCUT2D eigenvalue weighted by atomic mass is 32.2. The van der Waals surface area contributed by atoms with E-state index >= 15 is 0 Å². The van der Waals surface area contributed by atoms with Gasteiger partial charge in [0.05, 0.1) is 27.6 Å². The molecule has 1 atom stereocenters. The first kappa shape index (κ1) is 34.3. The van der Waals surface area contributed by atoms with Crippen LogP contribution in [0.5, 0.6) is 5.75 Å². The van der Waals surface area contributed by atoms with Crippen molar-refractivity contribution in [3.05, 3.63) is 125 Å². The number of rotatable bonds is 12. The fraction of sp³-hybridized carbons (Fsp3) is 0.189. The molecule has 11 nitrogen and oxygen atoms in total. The number of alkyl carbamates (subject to hydrolysis) is 1. The molecule has 0 saturated heterocycles. The molecule has 6 rings (SSSR count). The van der Waals surface area contributed by atoms with Crippen LogP contribution < -0.4 is 20.7 Å².